The largest absolute Gasteiger partial charge is 0.496 e. The normalized spacial score (nSPS) is 10.9. The molecule has 0 spiro atoms. The van der Waals surface area contributed by atoms with Crippen molar-refractivity contribution in [1.82, 2.24) is 30.3 Å². The number of thioether (sulfide) groups is 1. The Bertz CT molecular complexity index is 1310. The first-order chi connectivity index (χ1) is 16.9. The maximum absolute atomic E-state index is 13.1. The summed E-state index contributed by atoms with van der Waals surface area (Å²) in [6.07, 6.45) is 0.636. The first-order valence-corrected chi connectivity index (χ1v) is 12.8. The average Bonchev–Trinajstić information content (AvgIpc) is 3.27. The molecule has 0 atom stereocenters. The van der Waals surface area contributed by atoms with Crippen LogP contribution in [-0.4, -0.2) is 44.5 Å². The number of halogens is 1. The molecule has 10 heteroatoms. The van der Waals surface area contributed by atoms with Crippen LogP contribution < -0.4 is 10.1 Å². The standard InChI is InChI=1S/C25H25BrN6O2S/c1-16-14-17(2)29-25(28-16)35-15-21-23(30-31-32(21)20-10-8-19(26)9-11-20)24(33)27-13-12-18-6-4-5-7-22(18)34-3/h4-11,14H,12-13,15H2,1-3H3,(H,27,33). The number of hydrogen-bond donors (Lipinski definition) is 1. The van der Waals surface area contributed by atoms with Gasteiger partial charge in [0, 0.05) is 28.2 Å². The van der Waals surface area contributed by atoms with Gasteiger partial charge in [-0.25, -0.2) is 14.6 Å². The van der Waals surface area contributed by atoms with Crippen molar-refractivity contribution in [3.63, 3.8) is 0 Å². The zero-order valence-corrected chi connectivity index (χ0v) is 22.1. The fourth-order valence-electron chi connectivity index (χ4n) is 3.59. The molecule has 0 aliphatic rings. The Labute approximate surface area is 216 Å². The van der Waals surface area contributed by atoms with E-state index in [1.165, 1.54) is 11.8 Å². The molecule has 180 valence electrons. The van der Waals surface area contributed by atoms with Gasteiger partial charge in [0.2, 0.25) is 0 Å². The van der Waals surface area contributed by atoms with Gasteiger partial charge in [-0.05, 0) is 62.2 Å². The van der Waals surface area contributed by atoms with Crippen molar-refractivity contribution in [2.75, 3.05) is 13.7 Å². The quantitative estimate of drug-likeness (QED) is 0.237. The molecule has 0 radical (unpaired) electrons. The maximum Gasteiger partial charge on any atom is 0.273 e. The van der Waals surface area contributed by atoms with E-state index in [1.807, 2.05) is 68.4 Å². The average molecular weight is 553 g/mol. The molecule has 4 rings (SSSR count). The van der Waals surface area contributed by atoms with E-state index in [4.69, 9.17) is 4.74 Å². The van der Waals surface area contributed by atoms with E-state index in [1.54, 1.807) is 11.8 Å². The molecule has 0 saturated heterocycles. The second kappa shape index (κ2) is 11.5. The first-order valence-electron chi connectivity index (χ1n) is 11.0. The van der Waals surface area contributed by atoms with Crippen molar-refractivity contribution in [2.24, 2.45) is 0 Å². The number of rotatable bonds is 9. The second-order valence-corrected chi connectivity index (χ2v) is 9.67. The summed E-state index contributed by atoms with van der Waals surface area (Å²) in [6.45, 7) is 4.32. The Morgan fingerprint density at radius 3 is 2.51 bits per heavy atom. The number of aryl methyl sites for hydroxylation is 2. The highest BCUT2D eigenvalue weighted by molar-refractivity contribution is 9.10. The Morgan fingerprint density at radius 1 is 1.09 bits per heavy atom. The predicted octanol–water partition coefficient (Wildman–Crippen LogP) is 4.71. The summed E-state index contributed by atoms with van der Waals surface area (Å²) in [5.74, 6) is 0.954. The maximum atomic E-state index is 13.1. The van der Waals surface area contributed by atoms with Crippen LogP contribution in [0.3, 0.4) is 0 Å². The monoisotopic (exact) mass is 552 g/mol. The van der Waals surface area contributed by atoms with Gasteiger partial charge < -0.3 is 10.1 Å². The Hall–Kier alpha value is -3.24. The summed E-state index contributed by atoms with van der Waals surface area (Å²) < 4.78 is 8.05. The smallest absolute Gasteiger partial charge is 0.273 e. The molecule has 1 amide bonds. The Balaban J connectivity index is 1.55. The van der Waals surface area contributed by atoms with Gasteiger partial charge in [-0.15, -0.1) is 5.10 Å². The number of carbonyl (C=O) groups is 1. The van der Waals surface area contributed by atoms with Gasteiger partial charge in [0.05, 0.1) is 18.5 Å². The molecule has 2 aromatic carbocycles. The number of hydrogen-bond acceptors (Lipinski definition) is 7. The van der Waals surface area contributed by atoms with E-state index < -0.39 is 0 Å². The van der Waals surface area contributed by atoms with Crippen molar-refractivity contribution < 1.29 is 9.53 Å². The SMILES string of the molecule is COc1ccccc1CCNC(=O)c1nnn(-c2ccc(Br)cc2)c1CSc1nc(C)cc(C)n1. The van der Waals surface area contributed by atoms with E-state index in [-0.39, 0.29) is 11.6 Å². The number of amides is 1. The lowest BCUT2D eigenvalue weighted by Gasteiger charge is -2.10. The molecule has 0 saturated carbocycles. The van der Waals surface area contributed by atoms with Crippen LogP contribution in [0.2, 0.25) is 0 Å². The number of nitrogens with one attached hydrogen (secondary N) is 1. The van der Waals surface area contributed by atoms with Gasteiger partial charge in [0.25, 0.3) is 5.91 Å². The molecule has 0 aliphatic carbocycles. The number of methoxy groups -OCH3 is 1. The van der Waals surface area contributed by atoms with Gasteiger partial charge in [0.1, 0.15) is 5.75 Å². The van der Waals surface area contributed by atoms with Crippen LogP contribution in [0.4, 0.5) is 0 Å². The van der Waals surface area contributed by atoms with Crippen molar-refractivity contribution in [2.45, 2.75) is 31.2 Å². The lowest BCUT2D eigenvalue weighted by Crippen LogP contribution is -2.27. The Kier molecular flexibility index (Phi) is 8.14. The summed E-state index contributed by atoms with van der Waals surface area (Å²) in [5.41, 5.74) is 4.59. The molecular weight excluding hydrogens is 528 g/mol. The molecule has 0 bridgehead atoms. The van der Waals surface area contributed by atoms with Crippen molar-refractivity contribution >= 4 is 33.6 Å². The first kappa shape index (κ1) is 24.9. The minimum atomic E-state index is -0.278. The minimum Gasteiger partial charge on any atom is -0.496 e. The van der Waals surface area contributed by atoms with Crippen LogP contribution in [-0.2, 0) is 12.2 Å². The minimum absolute atomic E-state index is 0.278. The summed E-state index contributed by atoms with van der Waals surface area (Å²) in [6, 6.07) is 17.4. The van der Waals surface area contributed by atoms with Crippen molar-refractivity contribution in [1.29, 1.82) is 0 Å². The molecule has 1 N–H and O–H groups in total. The summed E-state index contributed by atoms with van der Waals surface area (Å²) in [7, 11) is 1.64. The molecule has 8 nitrogen and oxygen atoms in total. The van der Waals surface area contributed by atoms with Crippen LogP contribution in [0.5, 0.6) is 5.75 Å². The summed E-state index contributed by atoms with van der Waals surface area (Å²) in [4.78, 5) is 22.1. The summed E-state index contributed by atoms with van der Waals surface area (Å²) in [5, 5.41) is 12.1. The highest BCUT2D eigenvalue weighted by Gasteiger charge is 2.21. The van der Waals surface area contributed by atoms with Gasteiger partial charge in [-0.1, -0.05) is 51.1 Å². The number of aromatic nitrogens is 5. The number of nitrogens with zero attached hydrogens (tertiary/aromatic N) is 5. The third-order valence-corrected chi connectivity index (χ3v) is 6.61. The van der Waals surface area contributed by atoms with Crippen LogP contribution in [0.1, 0.15) is 33.1 Å². The van der Waals surface area contributed by atoms with Crippen LogP contribution in [0, 0.1) is 13.8 Å². The molecule has 35 heavy (non-hydrogen) atoms. The predicted molar refractivity (Wildman–Crippen MR) is 139 cm³/mol. The third kappa shape index (κ3) is 6.26. The van der Waals surface area contributed by atoms with Crippen LogP contribution in [0.15, 0.2) is 64.2 Å². The lowest BCUT2D eigenvalue weighted by molar-refractivity contribution is 0.0948. The Morgan fingerprint density at radius 2 is 1.80 bits per heavy atom. The van der Waals surface area contributed by atoms with E-state index >= 15 is 0 Å². The van der Waals surface area contributed by atoms with Crippen LogP contribution >= 0.6 is 27.7 Å². The molecular formula is C25H25BrN6O2S. The van der Waals surface area contributed by atoms with Gasteiger partial charge in [0.15, 0.2) is 10.9 Å². The molecule has 0 aliphatic heterocycles. The topological polar surface area (TPSA) is 94.8 Å². The van der Waals surface area contributed by atoms with E-state index in [9.17, 15) is 4.79 Å². The second-order valence-electron chi connectivity index (χ2n) is 7.81. The lowest BCUT2D eigenvalue weighted by atomic mass is 10.1. The van der Waals surface area contributed by atoms with Gasteiger partial charge >= 0.3 is 0 Å². The molecule has 4 aromatic rings. The zero-order valence-electron chi connectivity index (χ0n) is 19.7. The molecule has 2 aromatic heterocycles. The third-order valence-electron chi connectivity index (χ3n) is 5.22. The fourth-order valence-corrected chi connectivity index (χ4v) is 4.80. The van der Waals surface area contributed by atoms with E-state index in [2.05, 4.69) is 41.5 Å². The summed E-state index contributed by atoms with van der Waals surface area (Å²) >= 11 is 4.91. The zero-order chi connectivity index (χ0) is 24.8. The number of benzene rings is 2. The van der Waals surface area contributed by atoms with Crippen molar-refractivity contribution in [3.8, 4) is 11.4 Å². The van der Waals surface area contributed by atoms with E-state index in [0.29, 0.717) is 29.6 Å². The highest BCUT2D eigenvalue weighted by Crippen LogP contribution is 2.24. The molecule has 0 fully saturated rings. The number of para-hydroxylation sites is 1. The van der Waals surface area contributed by atoms with E-state index in [0.717, 1.165) is 32.9 Å². The van der Waals surface area contributed by atoms with Gasteiger partial charge in [-0.2, -0.15) is 0 Å². The van der Waals surface area contributed by atoms with Crippen molar-refractivity contribution in [3.05, 3.63) is 87.4 Å². The number of carbonyl (C=O) groups excluding carboxylic acids is 1. The van der Waals surface area contributed by atoms with Crippen LogP contribution in [0.25, 0.3) is 5.69 Å². The highest BCUT2D eigenvalue weighted by atomic mass is 79.9. The number of ether oxygens (including phenoxy) is 1. The molecule has 0 unspecified atom stereocenters. The molecule has 2 heterocycles. The fraction of sp³-hybridized carbons (Fsp3) is 0.240. The van der Waals surface area contributed by atoms with Gasteiger partial charge in [-0.3, -0.25) is 4.79 Å².